The SMILES string of the molecule is COc1cc(NC(=O)c2cc3ccccc3cc2O)c(Cl)cc1[N+](=O)[O-]. The average Bonchev–Trinajstić information content (AvgIpc) is 2.62. The van der Waals surface area contributed by atoms with Crippen molar-refractivity contribution >= 4 is 39.7 Å². The fraction of sp³-hybridized carbons (Fsp3) is 0.0556. The van der Waals surface area contributed by atoms with E-state index in [-0.39, 0.29) is 33.5 Å². The van der Waals surface area contributed by atoms with Gasteiger partial charge in [0.05, 0.1) is 28.3 Å². The van der Waals surface area contributed by atoms with Crippen molar-refractivity contribution < 1.29 is 19.6 Å². The van der Waals surface area contributed by atoms with E-state index in [4.69, 9.17) is 16.3 Å². The molecule has 0 aliphatic carbocycles. The highest BCUT2D eigenvalue weighted by atomic mass is 35.5. The first kappa shape index (κ1) is 17.5. The van der Waals surface area contributed by atoms with Crippen LogP contribution in [0.5, 0.6) is 11.5 Å². The number of benzene rings is 3. The number of ether oxygens (including phenoxy) is 1. The molecule has 8 heteroatoms. The second-order valence-electron chi connectivity index (χ2n) is 5.43. The quantitative estimate of drug-likeness (QED) is 0.523. The van der Waals surface area contributed by atoms with Crippen LogP contribution in [0.15, 0.2) is 48.5 Å². The number of anilines is 1. The van der Waals surface area contributed by atoms with Crippen molar-refractivity contribution in [2.75, 3.05) is 12.4 Å². The maximum Gasteiger partial charge on any atom is 0.312 e. The first-order valence-corrected chi connectivity index (χ1v) is 7.83. The van der Waals surface area contributed by atoms with Crippen molar-refractivity contribution in [2.45, 2.75) is 0 Å². The van der Waals surface area contributed by atoms with Crippen molar-refractivity contribution in [1.82, 2.24) is 0 Å². The van der Waals surface area contributed by atoms with E-state index in [9.17, 15) is 20.0 Å². The lowest BCUT2D eigenvalue weighted by Crippen LogP contribution is -2.13. The lowest BCUT2D eigenvalue weighted by Gasteiger charge is -2.11. The van der Waals surface area contributed by atoms with Crippen LogP contribution in [0.1, 0.15) is 10.4 Å². The monoisotopic (exact) mass is 372 g/mol. The third-order valence-electron chi connectivity index (χ3n) is 3.82. The molecule has 26 heavy (non-hydrogen) atoms. The number of methoxy groups -OCH3 is 1. The third-order valence-corrected chi connectivity index (χ3v) is 4.13. The lowest BCUT2D eigenvalue weighted by atomic mass is 10.1. The number of halogens is 1. The fourth-order valence-electron chi connectivity index (χ4n) is 2.54. The number of hydrogen-bond acceptors (Lipinski definition) is 5. The highest BCUT2D eigenvalue weighted by Crippen LogP contribution is 2.36. The van der Waals surface area contributed by atoms with Gasteiger partial charge in [0.25, 0.3) is 5.91 Å². The van der Waals surface area contributed by atoms with E-state index in [1.165, 1.54) is 19.2 Å². The Morgan fingerprint density at radius 2 is 1.85 bits per heavy atom. The van der Waals surface area contributed by atoms with Crippen molar-refractivity contribution in [3.05, 3.63) is 69.2 Å². The number of phenols is 1. The molecule has 0 aromatic heterocycles. The molecule has 0 aliphatic heterocycles. The molecule has 0 fully saturated rings. The van der Waals surface area contributed by atoms with E-state index in [0.717, 1.165) is 16.8 Å². The van der Waals surface area contributed by atoms with Gasteiger partial charge in [0.2, 0.25) is 0 Å². The maximum absolute atomic E-state index is 12.5. The number of nitrogens with zero attached hydrogens (tertiary/aromatic N) is 1. The molecular formula is C18H13ClN2O5. The van der Waals surface area contributed by atoms with Gasteiger partial charge in [-0.1, -0.05) is 35.9 Å². The van der Waals surface area contributed by atoms with E-state index < -0.39 is 10.8 Å². The number of carbonyl (C=O) groups is 1. The summed E-state index contributed by atoms with van der Waals surface area (Å²) in [4.78, 5) is 22.9. The number of hydrogen-bond donors (Lipinski definition) is 2. The van der Waals surface area contributed by atoms with E-state index >= 15 is 0 Å². The first-order chi connectivity index (χ1) is 12.4. The van der Waals surface area contributed by atoms with Crippen LogP contribution in [0.4, 0.5) is 11.4 Å². The number of rotatable bonds is 4. The molecule has 0 atom stereocenters. The van der Waals surface area contributed by atoms with Crippen molar-refractivity contribution in [1.29, 1.82) is 0 Å². The van der Waals surface area contributed by atoms with E-state index in [1.54, 1.807) is 6.07 Å². The van der Waals surface area contributed by atoms with Gasteiger partial charge >= 0.3 is 5.69 Å². The van der Waals surface area contributed by atoms with Crippen LogP contribution >= 0.6 is 11.6 Å². The molecule has 0 saturated heterocycles. The summed E-state index contributed by atoms with van der Waals surface area (Å²) in [6.07, 6.45) is 0. The Morgan fingerprint density at radius 3 is 2.46 bits per heavy atom. The second-order valence-corrected chi connectivity index (χ2v) is 5.84. The smallest absolute Gasteiger partial charge is 0.312 e. The Kier molecular flexibility index (Phi) is 4.64. The number of nitro benzene ring substituents is 1. The number of nitro groups is 1. The Hall–Kier alpha value is -3.32. The predicted octanol–water partition coefficient (Wildman–Crippen LogP) is 4.37. The lowest BCUT2D eigenvalue weighted by molar-refractivity contribution is -0.385. The van der Waals surface area contributed by atoms with Crippen LogP contribution < -0.4 is 10.1 Å². The van der Waals surface area contributed by atoms with Gasteiger partial charge < -0.3 is 15.2 Å². The number of phenolic OH excluding ortho intramolecular Hbond substituents is 1. The maximum atomic E-state index is 12.5. The van der Waals surface area contributed by atoms with Crippen molar-refractivity contribution in [2.24, 2.45) is 0 Å². The number of carbonyl (C=O) groups excluding carboxylic acids is 1. The molecule has 132 valence electrons. The third kappa shape index (κ3) is 3.25. The Labute approximate surface area is 152 Å². The van der Waals surface area contributed by atoms with Crippen molar-refractivity contribution in [3.63, 3.8) is 0 Å². The average molecular weight is 373 g/mol. The molecule has 7 nitrogen and oxygen atoms in total. The molecule has 0 heterocycles. The topological polar surface area (TPSA) is 102 Å². The largest absolute Gasteiger partial charge is 0.507 e. The van der Waals surface area contributed by atoms with Gasteiger partial charge in [0.1, 0.15) is 5.75 Å². The molecule has 3 aromatic carbocycles. The molecule has 0 saturated carbocycles. The van der Waals surface area contributed by atoms with Crippen LogP contribution in [0, 0.1) is 10.1 Å². The van der Waals surface area contributed by atoms with Crippen molar-refractivity contribution in [3.8, 4) is 11.5 Å². The fourth-order valence-corrected chi connectivity index (χ4v) is 2.75. The van der Waals surface area contributed by atoms with Gasteiger partial charge in [0.15, 0.2) is 5.75 Å². The normalized spacial score (nSPS) is 10.5. The zero-order valence-corrected chi connectivity index (χ0v) is 14.3. The number of fused-ring (bicyclic) bond motifs is 1. The zero-order valence-electron chi connectivity index (χ0n) is 13.5. The second kappa shape index (κ2) is 6.89. The van der Waals surface area contributed by atoms with Gasteiger partial charge in [-0.05, 0) is 22.9 Å². The summed E-state index contributed by atoms with van der Waals surface area (Å²) >= 11 is 6.03. The molecule has 0 aliphatic rings. The summed E-state index contributed by atoms with van der Waals surface area (Å²) in [5.74, 6) is -0.838. The van der Waals surface area contributed by atoms with E-state index in [2.05, 4.69) is 5.32 Å². The molecule has 0 bridgehead atoms. The zero-order chi connectivity index (χ0) is 18.8. The molecule has 3 aromatic rings. The summed E-state index contributed by atoms with van der Waals surface area (Å²) in [5.41, 5.74) is -0.132. The molecular weight excluding hydrogens is 360 g/mol. The highest BCUT2D eigenvalue weighted by molar-refractivity contribution is 6.34. The minimum Gasteiger partial charge on any atom is -0.507 e. The van der Waals surface area contributed by atoms with E-state index in [0.29, 0.717) is 0 Å². The molecule has 2 N–H and O–H groups in total. The Bertz CT molecular complexity index is 1040. The summed E-state index contributed by atoms with van der Waals surface area (Å²) < 4.78 is 4.97. The van der Waals surface area contributed by atoms with Gasteiger partial charge in [0, 0.05) is 12.1 Å². The van der Waals surface area contributed by atoms with Crippen LogP contribution in [0.25, 0.3) is 10.8 Å². The molecule has 0 unspecified atom stereocenters. The Balaban J connectivity index is 1.98. The molecule has 0 radical (unpaired) electrons. The minimum absolute atomic E-state index is 0.0221. The minimum atomic E-state index is -0.633. The van der Waals surface area contributed by atoms with Gasteiger partial charge in [-0.25, -0.2) is 0 Å². The van der Waals surface area contributed by atoms with Gasteiger partial charge in [-0.2, -0.15) is 0 Å². The molecule has 0 spiro atoms. The first-order valence-electron chi connectivity index (χ1n) is 7.45. The van der Waals surface area contributed by atoms with Crippen LogP contribution in [0.3, 0.4) is 0 Å². The Morgan fingerprint density at radius 1 is 1.19 bits per heavy atom. The number of nitrogens with one attached hydrogen (secondary N) is 1. The highest BCUT2D eigenvalue weighted by Gasteiger charge is 2.20. The summed E-state index contributed by atoms with van der Waals surface area (Å²) in [6, 6.07) is 12.7. The van der Waals surface area contributed by atoms with E-state index in [1.807, 2.05) is 24.3 Å². The summed E-state index contributed by atoms with van der Waals surface area (Å²) in [6.45, 7) is 0. The number of amides is 1. The van der Waals surface area contributed by atoms with Crippen LogP contribution in [-0.2, 0) is 0 Å². The van der Waals surface area contributed by atoms with Crippen LogP contribution in [0.2, 0.25) is 5.02 Å². The van der Waals surface area contributed by atoms with Gasteiger partial charge in [-0.15, -0.1) is 0 Å². The van der Waals surface area contributed by atoms with Crippen LogP contribution in [-0.4, -0.2) is 23.0 Å². The summed E-state index contributed by atoms with van der Waals surface area (Å²) in [5, 5.41) is 25.2. The summed E-state index contributed by atoms with van der Waals surface area (Å²) in [7, 11) is 1.27. The number of aromatic hydroxyl groups is 1. The molecule has 3 rings (SSSR count). The standard InChI is InChI=1S/C18H13ClN2O5/c1-26-17-9-14(13(19)8-15(17)21(24)25)20-18(23)12-6-10-4-2-3-5-11(10)7-16(12)22/h2-9,22H,1H3,(H,20,23). The predicted molar refractivity (Wildman–Crippen MR) is 98.2 cm³/mol. The van der Waals surface area contributed by atoms with Gasteiger partial charge in [-0.3, -0.25) is 14.9 Å². The molecule has 1 amide bonds.